The van der Waals surface area contributed by atoms with Crippen LogP contribution >= 0.6 is 11.8 Å². The first-order valence-corrected chi connectivity index (χ1v) is 7.80. The highest BCUT2D eigenvalue weighted by Gasteiger charge is 2.32. The van der Waals surface area contributed by atoms with Crippen molar-refractivity contribution in [3.63, 3.8) is 0 Å². The summed E-state index contributed by atoms with van der Waals surface area (Å²) in [6, 6.07) is 4.22. The van der Waals surface area contributed by atoms with Gasteiger partial charge < -0.3 is 5.32 Å². The van der Waals surface area contributed by atoms with Crippen LogP contribution in [0.2, 0.25) is 0 Å². The topological polar surface area (TPSA) is 65.8 Å². The molecule has 0 aliphatic carbocycles. The second-order valence-electron chi connectivity index (χ2n) is 5.60. The van der Waals surface area contributed by atoms with E-state index in [0.29, 0.717) is 5.03 Å². The van der Waals surface area contributed by atoms with Gasteiger partial charge in [-0.25, -0.2) is 4.98 Å². The van der Waals surface area contributed by atoms with Crippen molar-refractivity contribution in [1.29, 1.82) is 5.26 Å². The average molecular weight is 345 g/mol. The van der Waals surface area contributed by atoms with Gasteiger partial charge in [-0.15, -0.1) is 0 Å². The van der Waals surface area contributed by atoms with E-state index in [-0.39, 0.29) is 11.8 Å². The number of nitriles is 1. The average Bonchev–Trinajstić information content (AvgIpc) is 2.46. The molecule has 1 N–H and O–H groups in total. The second-order valence-corrected chi connectivity index (χ2v) is 6.96. The highest BCUT2D eigenvalue weighted by molar-refractivity contribution is 8.00. The van der Waals surface area contributed by atoms with E-state index >= 15 is 0 Å². The zero-order valence-electron chi connectivity index (χ0n) is 13.2. The summed E-state index contributed by atoms with van der Waals surface area (Å²) in [4.78, 5) is 15.9. The fourth-order valence-electron chi connectivity index (χ4n) is 1.51. The standard InChI is InChI=1S/C15H18F3N3OS/c1-9(2)14(4,8-19)21-13(22)10(3)23-12-6-5-11(7-20-12)15(16,17)18/h5-7,9-10H,1-4H3,(H,21,22)/t10-,14+/m1/s1. The summed E-state index contributed by atoms with van der Waals surface area (Å²) in [5.41, 5.74) is -1.84. The summed E-state index contributed by atoms with van der Waals surface area (Å²) in [5, 5.41) is 11.6. The molecule has 0 aromatic carbocycles. The molecule has 0 bridgehead atoms. The Morgan fingerprint density at radius 2 is 1.96 bits per heavy atom. The lowest BCUT2D eigenvalue weighted by atomic mass is 9.90. The summed E-state index contributed by atoms with van der Waals surface area (Å²) in [7, 11) is 0. The number of halogens is 3. The van der Waals surface area contributed by atoms with Crippen LogP contribution in [0.15, 0.2) is 23.4 Å². The maximum absolute atomic E-state index is 12.5. The maximum Gasteiger partial charge on any atom is 0.417 e. The van der Waals surface area contributed by atoms with E-state index in [4.69, 9.17) is 0 Å². The van der Waals surface area contributed by atoms with Crippen LogP contribution < -0.4 is 5.32 Å². The minimum absolute atomic E-state index is 0.0853. The number of carbonyl (C=O) groups excluding carboxylic acids is 1. The number of nitrogens with zero attached hydrogens (tertiary/aromatic N) is 2. The van der Waals surface area contributed by atoms with Crippen molar-refractivity contribution in [2.45, 2.75) is 49.7 Å². The Morgan fingerprint density at radius 1 is 1.35 bits per heavy atom. The molecule has 126 valence electrons. The third-order valence-corrected chi connectivity index (χ3v) is 4.55. The van der Waals surface area contributed by atoms with E-state index in [1.807, 2.05) is 13.8 Å². The van der Waals surface area contributed by atoms with Gasteiger partial charge in [0.1, 0.15) is 5.54 Å². The summed E-state index contributed by atoms with van der Waals surface area (Å²) in [6.07, 6.45) is -3.70. The molecule has 0 aliphatic rings. The van der Waals surface area contributed by atoms with Crippen LogP contribution in [0.1, 0.15) is 33.3 Å². The molecule has 0 radical (unpaired) electrons. The van der Waals surface area contributed by atoms with E-state index in [0.717, 1.165) is 24.0 Å². The molecule has 1 heterocycles. The Bertz CT molecular complexity index is 595. The van der Waals surface area contributed by atoms with Crippen LogP contribution in [0.25, 0.3) is 0 Å². The highest BCUT2D eigenvalue weighted by atomic mass is 32.2. The number of rotatable bonds is 5. The van der Waals surface area contributed by atoms with Gasteiger partial charge in [-0.05, 0) is 31.9 Å². The number of amides is 1. The lowest BCUT2D eigenvalue weighted by molar-refractivity contribution is -0.137. The van der Waals surface area contributed by atoms with Crippen molar-refractivity contribution >= 4 is 17.7 Å². The largest absolute Gasteiger partial charge is 0.417 e. The molecule has 0 saturated heterocycles. The molecule has 1 amide bonds. The van der Waals surface area contributed by atoms with Crippen molar-refractivity contribution in [2.75, 3.05) is 0 Å². The minimum atomic E-state index is -4.44. The first-order valence-electron chi connectivity index (χ1n) is 6.93. The van der Waals surface area contributed by atoms with Gasteiger partial charge in [-0.2, -0.15) is 18.4 Å². The highest BCUT2D eigenvalue weighted by Crippen LogP contribution is 2.30. The lowest BCUT2D eigenvalue weighted by Crippen LogP contribution is -2.51. The summed E-state index contributed by atoms with van der Waals surface area (Å²) in [5.74, 6) is -0.452. The van der Waals surface area contributed by atoms with Gasteiger partial charge in [0, 0.05) is 6.20 Å². The second kappa shape index (κ2) is 7.21. The van der Waals surface area contributed by atoms with E-state index in [9.17, 15) is 23.2 Å². The SMILES string of the molecule is CC(C)[C@](C)(C#N)NC(=O)[C@@H](C)Sc1ccc(C(F)(F)F)cn1. The summed E-state index contributed by atoms with van der Waals surface area (Å²) < 4.78 is 37.4. The summed E-state index contributed by atoms with van der Waals surface area (Å²) >= 11 is 1.03. The Morgan fingerprint density at radius 3 is 2.35 bits per heavy atom. The number of hydrogen-bond donors (Lipinski definition) is 1. The predicted molar refractivity (Wildman–Crippen MR) is 81.6 cm³/mol. The molecule has 0 unspecified atom stereocenters. The van der Waals surface area contributed by atoms with Gasteiger partial charge in [-0.3, -0.25) is 4.79 Å². The van der Waals surface area contributed by atoms with E-state index in [2.05, 4.69) is 16.4 Å². The summed E-state index contributed by atoms with van der Waals surface area (Å²) in [6.45, 7) is 6.87. The Balaban J connectivity index is 2.74. The molecule has 4 nitrogen and oxygen atoms in total. The monoisotopic (exact) mass is 345 g/mol. The number of alkyl halides is 3. The Kier molecular flexibility index (Phi) is 6.05. The van der Waals surface area contributed by atoms with Crippen molar-refractivity contribution < 1.29 is 18.0 Å². The number of carbonyl (C=O) groups is 1. The molecule has 2 atom stereocenters. The van der Waals surface area contributed by atoms with Crippen LogP contribution in [0.3, 0.4) is 0 Å². The first-order chi connectivity index (χ1) is 10.5. The lowest BCUT2D eigenvalue weighted by Gasteiger charge is -2.28. The molecule has 8 heteroatoms. The van der Waals surface area contributed by atoms with Crippen LogP contribution in [0.4, 0.5) is 13.2 Å². The number of pyridine rings is 1. The van der Waals surface area contributed by atoms with Gasteiger partial charge in [0.25, 0.3) is 0 Å². The van der Waals surface area contributed by atoms with Gasteiger partial charge in [0.15, 0.2) is 0 Å². The number of thioether (sulfide) groups is 1. The molecule has 1 aromatic heterocycles. The fraction of sp³-hybridized carbons (Fsp3) is 0.533. The molecule has 0 aliphatic heterocycles. The van der Waals surface area contributed by atoms with Crippen LogP contribution in [-0.4, -0.2) is 21.7 Å². The third-order valence-electron chi connectivity index (χ3n) is 3.50. The normalized spacial score (nSPS) is 15.6. The quantitative estimate of drug-likeness (QED) is 0.828. The number of aromatic nitrogens is 1. The Labute approximate surface area is 137 Å². The van der Waals surface area contributed by atoms with Crippen molar-refractivity contribution in [1.82, 2.24) is 10.3 Å². The molecule has 0 spiro atoms. The number of hydrogen-bond acceptors (Lipinski definition) is 4. The van der Waals surface area contributed by atoms with Crippen LogP contribution in [0, 0.1) is 17.2 Å². The van der Waals surface area contributed by atoms with E-state index in [1.54, 1.807) is 13.8 Å². The predicted octanol–water partition coefficient (Wildman–Crippen LogP) is 3.64. The zero-order chi connectivity index (χ0) is 17.8. The van der Waals surface area contributed by atoms with Gasteiger partial charge >= 0.3 is 6.18 Å². The smallest absolute Gasteiger partial charge is 0.337 e. The molecule has 1 aromatic rings. The van der Waals surface area contributed by atoms with Crippen molar-refractivity contribution in [3.8, 4) is 6.07 Å². The van der Waals surface area contributed by atoms with Crippen molar-refractivity contribution in [2.24, 2.45) is 5.92 Å². The third kappa shape index (κ3) is 5.13. The van der Waals surface area contributed by atoms with E-state index in [1.165, 1.54) is 6.07 Å². The van der Waals surface area contributed by atoms with Crippen molar-refractivity contribution in [3.05, 3.63) is 23.9 Å². The van der Waals surface area contributed by atoms with Crippen LogP contribution in [-0.2, 0) is 11.0 Å². The number of nitrogens with one attached hydrogen (secondary N) is 1. The molecule has 0 saturated carbocycles. The first kappa shape index (κ1) is 19.3. The Hall–Kier alpha value is -1.75. The van der Waals surface area contributed by atoms with Gasteiger partial charge in [0.2, 0.25) is 5.91 Å². The molecular formula is C15H18F3N3OS. The maximum atomic E-state index is 12.5. The van der Waals surface area contributed by atoms with Gasteiger partial charge in [0.05, 0.1) is 21.9 Å². The molecule has 23 heavy (non-hydrogen) atoms. The fourth-order valence-corrected chi connectivity index (χ4v) is 2.30. The molecular weight excluding hydrogens is 327 g/mol. The zero-order valence-corrected chi connectivity index (χ0v) is 14.0. The van der Waals surface area contributed by atoms with Gasteiger partial charge in [-0.1, -0.05) is 25.6 Å². The molecule has 1 rings (SSSR count). The van der Waals surface area contributed by atoms with Crippen LogP contribution in [0.5, 0.6) is 0 Å². The van der Waals surface area contributed by atoms with E-state index < -0.39 is 22.5 Å². The minimum Gasteiger partial charge on any atom is -0.337 e. The molecule has 0 fully saturated rings.